The zero-order chi connectivity index (χ0) is 10.1. The molecule has 0 heterocycles. The Labute approximate surface area is 77.2 Å². The Morgan fingerprint density at radius 1 is 1.17 bits per heavy atom. The Hall–Kier alpha value is -0.550. The standard InChI is InChI=1S/C8H19N.C2H3N/c1-6-9(7(2)3)8(4)5;1-2-3/h7-8H,6H2,1-5H3;1H3. The largest absolute Gasteiger partial charge is 0.299 e. The van der Waals surface area contributed by atoms with Crippen molar-refractivity contribution in [2.45, 2.75) is 53.6 Å². The molecule has 0 aliphatic carbocycles. The van der Waals surface area contributed by atoms with Gasteiger partial charge in [-0.05, 0) is 34.2 Å². The SMILES string of the molecule is CC#N.CCN(C(C)C)C(C)C. The van der Waals surface area contributed by atoms with E-state index in [1.807, 2.05) is 0 Å². The minimum atomic E-state index is 0.690. The monoisotopic (exact) mass is 170 g/mol. The second-order valence-corrected chi connectivity index (χ2v) is 3.24. The van der Waals surface area contributed by atoms with E-state index < -0.39 is 0 Å². The minimum Gasteiger partial charge on any atom is -0.299 e. The van der Waals surface area contributed by atoms with Crippen LogP contribution in [0, 0.1) is 11.3 Å². The number of nitriles is 1. The lowest BCUT2D eigenvalue weighted by Crippen LogP contribution is -2.36. The molecule has 0 aromatic heterocycles. The van der Waals surface area contributed by atoms with Crippen molar-refractivity contribution in [1.29, 1.82) is 5.26 Å². The van der Waals surface area contributed by atoms with E-state index in [-0.39, 0.29) is 0 Å². The maximum Gasteiger partial charge on any atom is 0.0587 e. The Balaban J connectivity index is 0. The summed E-state index contributed by atoms with van der Waals surface area (Å²) in [5.74, 6) is 0. The highest BCUT2D eigenvalue weighted by Gasteiger charge is 2.08. The molecule has 72 valence electrons. The fourth-order valence-corrected chi connectivity index (χ4v) is 1.33. The highest BCUT2D eigenvalue weighted by Crippen LogP contribution is 2.02. The zero-order valence-electron chi connectivity index (χ0n) is 9.26. The third kappa shape index (κ3) is 7.56. The third-order valence-corrected chi connectivity index (χ3v) is 1.69. The fraction of sp³-hybridized carbons (Fsp3) is 0.900. The van der Waals surface area contributed by atoms with Crippen LogP contribution in [0.15, 0.2) is 0 Å². The highest BCUT2D eigenvalue weighted by molar-refractivity contribution is 4.64. The van der Waals surface area contributed by atoms with Gasteiger partial charge in [0.2, 0.25) is 0 Å². The van der Waals surface area contributed by atoms with E-state index >= 15 is 0 Å². The van der Waals surface area contributed by atoms with Crippen molar-refractivity contribution < 1.29 is 0 Å². The molecular formula is C10H22N2. The van der Waals surface area contributed by atoms with Gasteiger partial charge >= 0.3 is 0 Å². The van der Waals surface area contributed by atoms with Crippen LogP contribution in [0.2, 0.25) is 0 Å². The van der Waals surface area contributed by atoms with Gasteiger partial charge in [-0.25, -0.2) is 0 Å². The molecule has 0 rings (SSSR count). The first-order valence-corrected chi connectivity index (χ1v) is 4.57. The first kappa shape index (κ1) is 14.0. The van der Waals surface area contributed by atoms with Crippen molar-refractivity contribution in [2.24, 2.45) is 0 Å². The molecule has 0 fully saturated rings. The quantitative estimate of drug-likeness (QED) is 0.651. The van der Waals surface area contributed by atoms with Gasteiger partial charge < -0.3 is 0 Å². The number of nitrogens with zero attached hydrogens (tertiary/aromatic N) is 2. The highest BCUT2D eigenvalue weighted by atomic mass is 15.2. The molecule has 2 heteroatoms. The molecule has 0 aromatic carbocycles. The smallest absolute Gasteiger partial charge is 0.0587 e. The van der Waals surface area contributed by atoms with Crippen LogP contribution in [0.5, 0.6) is 0 Å². The molecule has 12 heavy (non-hydrogen) atoms. The summed E-state index contributed by atoms with van der Waals surface area (Å²) in [4.78, 5) is 2.46. The number of rotatable bonds is 3. The number of hydrogen-bond donors (Lipinski definition) is 0. The lowest BCUT2D eigenvalue weighted by atomic mass is 10.2. The minimum absolute atomic E-state index is 0.690. The molecule has 0 aromatic rings. The maximum atomic E-state index is 7.32. The first-order chi connectivity index (χ1) is 5.51. The average molecular weight is 170 g/mol. The second kappa shape index (κ2) is 8.55. The number of hydrogen-bond acceptors (Lipinski definition) is 2. The topological polar surface area (TPSA) is 27.0 Å². The van der Waals surface area contributed by atoms with Crippen molar-refractivity contribution in [1.82, 2.24) is 4.90 Å². The van der Waals surface area contributed by atoms with Gasteiger partial charge in [-0.3, -0.25) is 4.90 Å². The van der Waals surface area contributed by atoms with Crippen LogP contribution < -0.4 is 0 Å². The lowest BCUT2D eigenvalue weighted by Gasteiger charge is -2.28. The lowest BCUT2D eigenvalue weighted by molar-refractivity contribution is 0.185. The first-order valence-electron chi connectivity index (χ1n) is 4.57. The van der Waals surface area contributed by atoms with E-state index in [9.17, 15) is 0 Å². The molecule has 0 aliphatic heterocycles. The third-order valence-electron chi connectivity index (χ3n) is 1.69. The summed E-state index contributed by atoms with van der Waals surface area (Å²) in [6, 6.07) is 3.13. The van der Waals surface area contributed by atoms with Crippen LogP contribution in [-0.4, -0.2) is 23.5 Å². The normalized spacial score (nSPS) is 9.67. The molecule has 0 bridgehead atoms. The van der Waals surface area contributed by atoms with Crippen molar-refractivity contribution in [3.05, 3.63) is 0 Å². The summed E-state index contributed by atoms with van der Waals surface area (Å²) >= 11 is 0. The van der Waals surface area contributed by atoms with Crippen LogP contribution >= 0.6 is 0 Å². The van der Waals surface area contributed by atoms with E-state index in [1.54, 1.807) is 6.07 Å². The molecule has 0 aliphatic rings. The average Bonchev–Trinajstić information content (AvgIpc) is 1.88. The van der Waals surface area contributed by atoms with Gasteiger partial charge in [0.15, 0.2) is 0 Å². The maximum absolute atomic E-state index is 7.32. The van der Waals surface area contributed by atoms with Gasteiger partial charge in [0, 0.05) is 19.0 Å². The Morgan fingerprint density at radius 3 is 1.42 bits per heavy atom. The van der Waals surface area contributed by atoms with Crippen molar-refractivity contribution in [3.63, 3.8) is 0 Å². The molecule has 0 unspecified atom stereocenters. The van der Waals surface area contributed by atoms with Crippen LogP contribution in [0.4, 0.5) is 0 Å². The fourth-order valence-electron chi connectivity index (χ4n) is 1.33. The molecule has 0 N–H and O–H groups in total. The summed E-state index contributed by atoms with van der Waals surface area (Å²) in [7, 11) is 0. The van der Waals surface area contributed by atoms with Gasteiger partial charge in [0.1, 0.15) is 0 Å². The second-order valence-electron chi connectivity index (χ2n) is 3.24. The summed E-state index contributed by atoms with van der Waals surface area (Å²) in [5, 5.41) is 7.32. The van der Waals surface area contributed by atoms with E-state index in [0.717, 1.165) is 6.54 Å². The molecule has 0 spiro atoms. The van der Waals surface area contributed by atoms with Crippen LogP contribution in [0.3, 0.4) is 0 Å². The summed E-state index contributed by atoms with van der Waals surface area (Å²) in [6.07, 6.45) is 0. The summed E-state index contributed by atoms with van der Waals surface area (Å²) in [6.45, 7) is 13.8. The van der Waals surface area contributed by atoms with Gasteiger partial charge in [0.05, 0.1) is 6.07 Å². The van der Waals surface area contributed by atoms with E-state index in [0.29, 0.717) is 12.1 Å². The molecule has 0 atom stereocenters. The van der Waals surface area contributed by atoms with Crippen LogP contribution in [-0.2, 0) is 0 Å². The molecule has 0 radical (unpaired) electrons. The molecule has 2 nitrogen and oxygen atoms in total. The predicted octanol–water partition coefficient (Wildman–Crippen LogP) is 2.65. The van der Waals surface area contributed by atoms with Crippen LogP contribution in [0.1, 0.15) is 41.5 Å². The van der Waals surface area contributed by atoms with Gasteiger partial charge in [-0.1, -0.05) is 6.92 Å². The Kier molecular flexibility index (Phi) is 9.97. The van der Waals surface area contributed by atoms with E-state index in [4.69, 9.17) is 5.26 Å². The van der Waals surface area contributed by atoms with Gasteiger partial charge in [-0.15, -0.1) is 0 Å². The van der Waals surface area contributed by atoms with Gasteiger partial charge in [0.25, 0.3) is 0 Å². The Bertz CT molecular complexity index is 114. The van der Waals surface area contributed by atoms with Crippen molar-refractivity contribution >= 4 is 0 Å². The molecule has 0 saturated heterocycles. The van der Waals surface area contributed by atoms with Gasteiger partial charge in [-0.2, -0.15) is 5.26 Å². The van der Waals surface area contributed by atoms with E-state index in [2.05, 4.69) is 39.5 Å². The van der Waals surface area contributed by atoms with Crippen LogP contribution in [0.25, 0.3) is 0 Å². The Morgan fingerprint density at radius 2 is 1.42 bits per heavy atom. The molecular weight excluding hydrogens is 148 g/mol. The zero-order valence-corrected chi connectivity index (χ0v) is 9.26. The van der Waals surface area contributed by atoms with Crippen molar-refractivity contribution in [2.75, 3.05) is 6.54 Å². The molecule has 0 amide bonds. The predicted molar refractivity (Wildman–Crippen MR) is 53.9 cm³/mol. The summed E-state index contributed by atoms with van der Waals surface area (Å²) < 4.78 is 0. The summed E-state index contributed by atoms with van der Waals surface area (Å²) in [5.41, 5.74) is 0. The van der Waals surface area contributed by atoms with E-state index in [1.165, 1.54) is 6.92 Å². The van der Waals surface area contributed by atoms with Crippen molar-refractivity contribution in [3.8, 4) is 6.07 Å². The molecule has 0 saturated carbocycles.